The first-order chi connectivity index (χ1) is 8.71. The maximum absolute atomic E-state index is 3.68. The van der Waals surface area contributed by atoms with Gasteiger partial charge in [0.2, 0.25) is 0 Å². The van der Waals surface area contributed by atoms with Crippen molar-refractivity contribution in [3.05, 3.63) is 0 Å². The molecule has 1 saturated heterocycles. The molecule has 1 aliphatic heterocycles. The fraction of sp³-hybridized carbons (Fsp3) is 1.00. The lowest BCUT2D eigenvalue weighted by Crippen LogP contribution is -2.42. The van der Waals surface area contributed by atoms with Crippen LogP contribution in [0.5, 0.6) is 0 Å². The summed E-state index contributed by atoms with van der Waals surface area (Å²) in [4.78, 5) is 2.75. The molecule has 1 aliphatic rings. The third-order valence-electron chi connectivity index (χ3n) is 4.60. The van der Waals surface area contributed by atoms with Crippen molar-refractivity contribution in [2.75, 3.05) is 19.6 Å². The molecule has 1 fully saturated rings. The van der Waals surface area contributed by atoms with Crippen LogP contribution in [0.2, 0.25) is 0 Å². The Morgan fingerprint density at radius 1 is 1.28 bits per heavy atom. The van der Waals surface area contributed by atoms with Gasteiger partial charge in [0.25, 0.3) is 0 Å². The lowest BCUT2D eigenvalue weighted by molar-refractivity contribution is 0.164. The Bertz CT molecular complexity index is 205. The van der Waals surface area contributed by atoms with Crippen LogP contribution in [-0.4, -0.2) is 36.6 Å². The van der Waals surface area contributed by atoms with Gasteiger partial charge in [0.15, 0.2) is 0 Å². The molecule has 1 heterocycles. The van der Waals surface area contributed by atoms with E-state index in [1.54, 1.807) is 0 Å². The van der Waals surface area contributed by atoms with Crippen LogP contribution in [0.15, 0.2) is 0 Å². The Labute approximate surface area is 115 Å². The highest BCUT2D eigenvalue weighted by Gasteiger charge is 2.23. The summed E-state index contributed by atoms with van der Waals surface area (Å²) in [7, 11) is 0. The van der Waals surface area contributed by atoms with Gasteiger partial charge in [-0.3, -0.25) is 4.90 Å². The smallest absolute Gasteiger partial charge is 0.0192 e. The summed E-state index contributed by atoms with van der Waals surface area (Å²) in [5.41, 5.74) is 0. The van der Waals surface area contributed by atoms with E-state index in [4.69, 9.17) is 0 Å². The van der Waals surface area contributed by atoms with Crippen molar-refractivity contribution in [3.8, 4) is 0 Å². The van der Waals surface area contributed by atoms with Gasteiger partial charge in [0, 0.05) is 25.2 Å². The molecule has 2 heteroatoms. The molecule has 3 atom stereocenters. The van der Waals surface area contributed by atoms with Gasteiger partial charge in [-0.05, 0) is 38.6 Å². The van der Waals surface area contributed by atoms with E-state index in [2.05, 4.69) is 37.9 Å². The molecule has 0 amide bonds. The highest BCUT2D eigenvalue weighted by atomic mass is 15.2. The van der Waals surface area contributed by atoms with Crippen molar-refractivity contribution < 1.29 is 0 Å². The summed E-state index contributed by atoms with van der Waals surface area (Å²) in [5.74, 6) is 0.906. The molecule has 0 bridgehead atoms. The van der Waals surface area contributed by atoms with Crippen molar-refractivity contribution in [2.24, 2.45) is 5.92 Å². The fourth-order valence-corrected chi connectivity index (χ4v) is 2.98. The molecule has 0 saturated carbocycles. The van der Waals surface area contributed by atoms with E-state index in [0.29, 0.717) is 6.04 Å². The van der Waals surface area contributed by atoms with Crippen molar-refractivity contribution >= 4 is 0 Å². The Hall–Kier alpha value is -0.0800. The largest absolute Gasteiger partial charge is 0.313 e. The van der Waals surface area contributed by atoms with Crippen molar-refractivity contribution in [3.63, 3.8) is 0 Å². The van der Waals surface area contributed by atoms with Gasteiger partial charge in [-0.2, -0.15) is 0 Å². The first-order valence-electron chi connectivity index (χ1n) is 8.18. The molecule has 0 spiro atoms. The van der Waals surface area contributed by atoms with Gasteiger partial charge >= 0.3 is 0 Å². The van der Waals surface area contributed by atoms with E-state index in [-0.39, 0.29) is 0 Å². The molecule has 0 aromatic carbocycles. The Morgan fingerprint density at radius 2 is 2.06 bits per heavy atom. The molecular formula is C16H34N2. The predicted molar refractivity (Wildman–Crippen MR) is 81.0 cm³/mol. The molecule has 0 aromatic heterocycles. The molecule has 0 aliphatic carbocycles. The predicted octanol–water partition coefficient (Wildman–Crippen LogP) is 3.67. The highest BCUT2D eigenvalue weighted by Crippen LogP contribution is 2.18. The molecule has 18 heavy (non-hydrogen) atoms. The fourth-order valence-electron chi connectivity index (χ4n) is 2.98. The minimum atomic E-state index is 0.707. The second-order valence-electron chi connectivity index (χ2n) is 6.07. The number of hydrogen-bond acceptors (Lipinski definition) is 2. The van der Waals surface area contributed by atoms with Crippen molar-refractivity contribution in [1.82, 2.24) is 10.2 Å². The van der Waals surface area contributed by atoms with Crippen LogP contribution in [0, 0.1) is 5.92 Å². The van der Waals surface area contributed by atoms with Crippen LogP contribution in [0.25, 0.3) is 0 Å². The normalized spacial score (nSPS) is 28.0. The summed E-state index contributed by atoms with van der Waals surface area (Å²) in [6, 6.07) is 1.46. The van der Waals surface area contributed by atoms with Gasteiger partial charge in [0.05, 0.1) is 0 Å². The van der Waals surface area contributed by atoms with Crippen LogP contribution in [0.3, 0.4) is 0 Å². The zero-order chi connectivity index (χ0) is 13.4. The zero-order valence-electron chi connectivity index (χ0n) is 13.0. The van der Waals surface area contributed by atoms with E-state index < -0.39 is 0 Å². The average Bonchev–Trinajstić information content (AvgIpc) is 2.56. The third kappa shape index (κ3) is 5.27. The second kappa shape index (κ2) is 8.92. The molecule has 3 unspecified atom stereocenters. The van der Waals surface area contributed by atoms with Crippen LogP contribution >= 0.6 is 0 Å². The van der Waals surface area contributed by atoms with Crippen LogP contribution < -0.4 is 5.32 Å². The summed E-state index contributed by atoms with van der Waals surface area (Å²) in [6.07, 6.45) is 8.06. The summed E-state index contributed by atoms with van der Waals surface area (Å²) in [6.45, 7) is 13.1. The number of nitrogens with zero attached hydrogens (tertiary/aromatic N) is 1. The van der Waals surface area contributed by atoms with Gasteiger partial charge in [-0.15, -0.1) is 0 Å². The average molecular weight is 254 g/mol. The summed E-state index contributed by atoms with van der Waals surface area (Å²) < 4.78 is 0. The minimum Gasteiger partial charge on any atom is -0.313 e. The number of hydrogen-bond donors (Lipinski definition) is 1. The van der Waals surface area contributed by atoms with E-state index in [9.17, 15) is 0 Å². The van der Waals surface area contributed by atoms with Gasteiger partial charge in [0.1, 0.15) is 0 Å². The van der Waals surface area contributed by atoms with Gasteiger partial charge in [-0.25, -0.2) is 0 Å². The molecular weight excluding hydrogens is 220 g/mol. The summed E-state index contributed by atoms with van der Waals surface area (Å²) in [5, 5.41) is 3.68. The zero-order valence-corrected chi connectivity index (χ0v) is 13.0. The summed E-state index contributed by atoms with van der Waals surface area (Å²) >= 11 is 0. The Kier molecular flexibility index (Phi) is 7.92. The molecule has 108 valence electrons. The second-order valence-corrected chi connectivity index (χ2v) is 6.07. The van der Waals surface area contributed by atoms with Crippen molar-refractivity contribution in [1.29, 1.82) is 0 Å². The number of unbranched alkanes of at least 4 members (excludes halogenated alkanes) is 1. The molecule has 1 rings (SSSR count). The monoisotopic (exact) mass is 254 g/mol. The standard InChI is InChI=1S/C16H34N2/c1-5-8-9-15(6-2)12-18-13-16(7-3)17-11-10-14(18)4/h14-17H,5-13H2,1-4H3. The van der Waals surface area contributed by atoms with Crippen LogP contribution in [-0.2, 0) is 0 Å². The lowest BCUT2D eigenvalue weighted by Gasteiger charge is -2.32. The SMILES string of the molecule is CCCCC(CC)CN1CC(CC)NCCC1C. The molecule has 2 nitrogen and oxygen atoms in total. The van der Waals surface area contributed by atoms with E-state index in [0.717, 1.165) is 12.0 Å². The van der Waals surface area contributed by atoms with Crippen molar-refractivity contribution in [2.45, 2.75) is 78.3 Å². The van der Waals surface area contributed by atoms with Gasteiger partial charge in [-0.1, -0.05) is 40.0 Å². The van der Waals surface area contributed by atoms with Crippen LogP contribution in [0.4, 0.5) is 0 Å². The highest BCUT2D eigenvalue weighted by molar-refractivity contribution is 4.81. The van der Waals surface area contributed by atoms with E-state index >= 15 is 0 Å². The Balaban J connectivity index is 2.48. The van der Waals surface area contributed by atoms with Gasteiger partial charge < -0.3 is 5.32 Å². The maximum atomic E-state index is 3.68. The number of nitrogens with one attached hydrogen (secondary N) is 1. The van der Waals surface area contributed by atoms with E-state index in [1.165, 1.54) is 58.2 Å². The molecule has 0 radical (unpaired) electrons. The van der Waals surface area contributed by atoms with Crippen LogP contribution in [0.1, 0.15) is 66.2 Å². The molecule has 0 aromatic rings. The topological polar surface area (TPSA) is 15.3 Å². The quantitative estimate of drug-likeness (QED) is 0.746. The number of rotatable bonds is 7. The van der Waals surface area contributed by atoms with E-state index in [1.807, 2.05) is 0 Å². The minimum absolute atomic E-state index is 0.707. The first kappa shape index (κ1) is 16.0. The third-order valence-corrected chi connectivity index (χ3v) is 4.60. The lowest BCUT2D eigenvalue weighted by atomic mass is 9.97. The Morgan fingerprint density at radius 3 is 2.67 bits per heavy atom. The maximum Gasteiger partial charge on any atom is 0.0192 e. The molecule has 1 N–H and O–H groups in total. The first-order valence-corrected chi connectivity index (χ1v) is 8.18.